The van der Waals surface area contributed by atoms with Gasteiger partial charge in [0.25, 0.3) is 0 Å². The number of Topliss-reactive ketones (excluding diaryl/α,β-unsaturated/α-hetero) is 1. The van der Waals surface area contributed by atoms with E-state index in [1.54, 1.807) is 23.9 Å². The van der Waals surface area contributed by atoms with E-state index in [9.17, 15) is 9.18 Å². The minimum Gasteiger partial charge on any atom is -0.378 e. The molecule has 3 heterocycles. The van der Waals surface area contributed by atoms with Crippen molar-refractivity contribution in [2.75, 3.05) is 37.7 Å². The lowest BCUT2D eigenvalue weighted by molar-refractivity contribution is 0.0910. The van der Waals surface area contributed by atoms with Gasteiger partial charge in [-0.15, -0.1) is 0 Å². The lowest BCUT2D eigenvalue weighted by Gasteiger charge is -2.29. The number of aromatic nitrogens is 1. The summed E-state index contributed by atoms with van der Waals surface area (Å²) in [4.78, 5) is 24.1. The zero-order chi connectivity index (χ0) is 21.6. The highest BCUT2D eigenvalue weighted by Gasteiger charge is 2.33. The largest absolute Gasteiger partial charge is 0.378 e. The van der Waals surface area contributed by atoms with Gasteiger partial charge in [-0.1, -0.05) is 25.6 Å². The molecule has 2 aromatic rings. The molecule has 2 aliphatic heterocycles. The quantitative estimate of drug-likeness (QED) is 0.707. The van der Waals surface area contributed by atoms with E-state index in [1.165, 1.54) is 0 Å². The summed E-state index contributed by atoms with van der Waals surface area (Å²) in [5.74, 6) is -0.0553. The van der Waals surface area contributed by atoms with Crippen molar-refractivity contribution in [2.24, 2.45) is 10.4 Å². The predicted molar refractivity (Wildman–Crippen MR) is 122 cm³/mol. The molecule has 1 atom stereocenters. The molecule has 0 N–H and O–H groups in total. The molecule has 1 aromatic heterocycles. The Morgan fingerprint density at radius 1 is 1.16 bits per heavy atom. The third-order valence-corrected chi connectivity index (χ3v) is 7.35. The second-order valence-corrected chi connectivity index (χ2v) is 10.4. The van der Waals surface area contributed by atoms with Gasteiger partial charge in [0.15, 0.2) is 5.78 Å². The van der Waals surface area contributed by atoms with Crippen molar-refractivity contribution in [3.8, 4) is 0 Å². The number of thioether (sulfide) groups is 1. The fourth-order valence-corrected chi connectivity index (χ4v) is 5.61. The maximum absolute atomic E-state index is 14.4. The minimum absolute atomic E-state index is 0.0568. The number of ether oxygens (including phenoxy) is 1. The highest BCUT2D eigenvalue weighted by molar-refractivity contribution is 8.14. The van der Waals surface area contributed by atoms with E-state index in [4.69, 9.17) is 14.7 Å². The molecule has 0 spiro atoms. The second kappa shape index (κ2) is 8.02. The molecule has 1 unspecified atom stereocenters. The molecule has 1 saturated heterocycles. The van der Waals surface area contributed by atoms with Gasteiger partial charge in [0.2, 0.25) is 0 Å². The van der Waals surface area contributed by atoms with Crippen LogP contribution in [0, 0.1) is 11.2 Å². The first-order valence-corrected chi connectivity index (χ1v) is 11.6. The average Bonchev–Trinajstić information content (AvgIpc) is 3.23. The number of carbonyl (C=O) groups excluding carboxylic acids is 1. The van der Waals surface area contributed by atoms with Crippen LogP contribution in [0.25, 0.3) is 0 Å². The summed E-state index contributed by atoms with van der Waals surface area (Å²) < 4.78 is 19.8. The molecule has 5 rings (SSSR count). The molecule has 1 fully saturated rings. The van der Waals surface area contributed by atoms with E-state index in [2.05, 4.69) is 24.8 Å². The van der Waals surface area contributed by atoms with Crippen LogP contribution in [0.3, 0.4) is 0 Å². The van der Waals surface area contributed by atoms with Crippen LogP contribution in [0.4, 0.5) is 10.1 Å². The molecule has 1 aromatic carbocycles. The Morgan fingerprint density at radius 2 is 1.97 bits per heavy atom. The molecule has 0 amide bonds. The van der Waals surface area contributed by atoms with Crippen LogP contribution >= 0.6 is 11.8 Å². The van der Waals surface area contributed by atoms with Gasteiger partial charge in [0.1, 0.15) is 10.9 Å². The molecular formula is C24H26FN3O2S. The van der Waals surface area contributed by atoms with Crippen LogP contribution in [0.2, 0.25) is 0 Å². The average molecular weight is 440 g/mol. The normalized spacial score (nSPS) is 22.9. The Balaban J connectivity index is 1.36. The summed E-state index contributed by atoms with van der Waals surface area (Å²) in [6.07, 6.45) is 1.35. The van der Waals surface area contributed by atoms with Crippen molar-refractivity contribution >= 4 is 28.3 Å². The van der Waals surface area contributed by atoms with Gasteiger partial charge >= 0.3 is 0 Å². The van der Waals surface area contributed by atoms with E-state index in [1.807, 2.05) is 12.1 Å². The first-order chi connectivity index (χ1) is 14.9. The van der Waals surface area contributed by atoms with Crippen molar-refractivity contribution in [3.63, 3.8) is 0 Å². The molecule has 7 heteroatoms. The summed E-state index contributed by atoms with van der Waals surface area (Å²) in [5, 5.41) is 0.919. The fraction of sp³-hybridized carbons (Fsp3) is 0.458. The monoisotopic (exact) mass is 439 g/mol. The number of carbonyl (C=O) groups is 1. The van der Waals surface area contributed by atoms with Crippen molar-refractivity contribution < 1.29 is 13.9 Å². The van der Waals surface area contributed by atoms with Crippen molar-refractivity contribution in [1.82, 2.24) is 4.98 Å². The zero-order valence-electron chi connectivity index (χ0n) is 17.9. The van der Waals surface area contributed by atoms with Gasteiger partial charge in [-0.2, -0.15) is 0 Å². The van der Waals surface area contributed by atoms with E-state index >= 15 is 0 Å². The lowest BCUT2D eigenvalue weighted by Crippen LogP contribution is -2.36. The summed E-state index contributed by atoms with van der Waals surface area (Å²) in [6.45, 7) is 7.69. The maximum atomic E-state index is 14.4. The summed E-state index contributed by atoms with van der Waals surface area (Å²) in [6, 6.07) is 9.08. The van der Waals surface area contributed by atoms with E-state index in [0.29, 0.717) is 26.2 Å². The van der Waals surface area contributed by atoms with Crippen molar-refractivity contribution in [3.05, 3.63) is 58.7 Å². The van der Waals surface area contributed by atoms with Crippen LogP contribution in [-0.4, -0.2) is 48.7 Å². The number of rotatable bonds is 3. The number of morpholine rings is 1. The summed E-state index contributed by atoms with van der Waals surface area (Å²) in [5.41, 5.74) is 4.19. The van der Waals surface area contributed by atoms with Crippen LogP contribution in [-0.2, 0) is 11.2 Å². The van der Waals surface area contributed by atoms with Crippen molar-refractivity contribution in [2.45, 2.75) is 31.9 Å². The highest BCUT2D eigenvalue weighted by atomic mass is 32.2. The lowest BCUT2D eigenvalue weighted by atomic mass is 9.75. The van der Waals surface area contributed by atoms with Gasteiger partial charge in [0, 0.05) is 30.8 Å². The van der Waals surface area contributed by atoms with E-state index in [-0.39, 0.29) is 22.3 Å². The third kappa shape index (κ3) is 4.26. The number of benzene rings is 1. The zero-order valence-corrected chi connectivity index (χ0v) is 18.7. The van der Waals surface area contributed by atoms with Crippen molar-refractivity contribution in [1.29, 1.82) is 0 Å². The molecule has 1 aliphatic carbocycles. The van der Waals surface area contributed by atoms with Crippen LogP contribution in [0.15, 0.2) is 35.3 Å². The standard InChI is InChI=1S/C24H26FN3O2S/c1-24(2)12-20-18(21(29)13-24)3-4-19(27-20)23-26-14-22(31-23)15-9-16(25)11-17(10-15)28-5-7-30-8-6-28/h3-4,9-11,22H,5-8,12-14H2,1-2H3. The number of nitrogens with zero attached hydrogens (tertiary/aromatic N) is 3. The predicted octanol–water partition coefficient (Wildman–Crippen LogP) is 4.45. The SMILES string of the molecule is CC1(C)CC(=O)c2ccc(C3=NCC(c4cc(F)cc(N5CCOCC5)c4)S3)nc2C1. The van der Waals surface area contributed by atoms with Crippen LogP contribution in [0.1, 0.15) is 52.8 Å². The third-order valence-electron chi connectivity index (χ3n) is 6.09. The molecule has 0 saturated carbocycles. The Hall–Kier alpha value is -2.25. The molecular weight excluding hydrogens is 413 g/mol. The Kier molecular flexibility index (Phi) is 5.34. The summed E-state index contributed by atoms with van der Waals surface area (Å²) in [7, 11) is 0. The topological polar surface area (TPSA) is 54.8 Å². The van der Waals surface area contributed by atoms with Gasteiger partial charge in [-0.3, -0.25) is 9.79 Å². The highest BCUT2D eigenvalue weighted by Crippen LogP contribution is 2.40. The maximum Gasteiger partial charge on any atom is 0.165 e. The first kappa shape index (κ1) is 20.6. The second-order valence-electron chi connectivity index (χ2n) is 9.23. The number of aliphatic imine (C=N–C) groups is 1. The molecule has 162 valence electrons. The number of ketones is 1. The van der Waals surface area contributed by atoms with Gasteiger partial charge < -0.3 is 9.64 Å². The number of hydrogen-bond acceptors (Lipinski definition) is 6. The Morgan fingerprint density at radius 3 is 2.77 bits per heavy atom. The number of pyridine rings is 1. The van der Waals surface area contributed by atoms with Gasteiger partial charge in [-0.05, 0) is 47.7 Å². The molecule has 0 radical (unpaired) electrons. The van der Waals surface area contributed by atoms with Crippen LogP contribution < -0.4 is 4.90 Å². The Bertz CT molecular complexity index is 1060. The van der Waals surface area contributed by atoms with E-state index < -0.39 is 0 Å². The molecule has 31 heavy (non-hydrogen) atoms. The Labute approximate surface area is 186 Å². The smallest absolute Gasteiger partial charge is 0.165 e. The molecule has 5 nitrogen and oxygen atoms in total. The first-order valence-electron chi connectivity index (χ1n) is 10.8. The fourth-order valence-electron chi connectivity index (χ4n) is 4.53. The number of halogens is 1. The number of anilines is 1. The minimum atomic E-state index is -0.222. The number of hydrogen-bond donors (Lipinski definition) is 0. The number of fused-ring (bicyclic) bond motifs is 1. The molecule has 0 bridgehead atoms. The summed E-state index contributed by atoms with van der Waals surface area (Å²) >= 11 is 1.62. The van der Waals surface area contributed by atoms with E-state index in [0.717, 1.165) is 52.8 Å². The molecule has 3 aliphatic rings. The van der Waals surface area contributed by atoms with Gasteiger partial charge in [-0.25, -0.2) is 9.37 Å². The van der Waals surface area contributed by atoms with Crippen LogP contribution in [0.5, 0.6) is 0 Å². The van der Waals surface area contributed by atoms with Gasteiger partial charge in [0.05, 0.1) is 36.4 Å².